The molecule has 1 heteroatoms. The Morgan fingerprint density at radius 2 is 1.31 bits per heavy atom. The van der Waals surface area contributed by atoms with E-state index in [-0.39, 0.29) is 0 Å². The first-order chi connectivity index (χ1) is 13.9. The molecule has 0 saturated carbocycles. The molecule has 0 fully saturated rings. The van der Waals surface area contributed by atoms with E-state index in [1.807, 2.05) is 0 Å². The lowest BCUT2D eigenvalue weighted by Crippen LogP contribution is -2.48. The second-order valence-electron chi connectivity index (χ2n) is 9.83. The number of hydrogen-bond acceptors (Lipinski definition) is 0. The summed E-state index contributed by atoms with van der Waals surface area (Å²) < 4.78 is 0. The summed E-state index contributed by atoms with van der Waals surface area (Å²) in [5.41, 5.74) is 6.39. The highest BCUT2D eigenvalue weighted by Crippen LogP contribution is 2.35. The summed E-state index contributed by atoms with van der Waals surface area (Å²) in [6.07, 6.45) is 20.3. The largest absolute Gasteiger partial charge is 0.0962 e. The van der Waals surface area contributed by atoms with Crippen LogP contribution in [0.3, 0.4) is 0 Å². The van der Waals surface area contributed by atoms with Gasteiger partial charge in [0.15, 0.2) is 0 Å². The molecule has 161 valence electrons. The van der Waals surface area contributed by atoms with E-state index in [0.717, 1.165) is 0 Å². The minimum absolute atomic E-state index is 0.609. The van der Waals surface area contributed by atoms with Crippen molar-refractivity contribution in [1.29, 1.82) is 0 Å². The van der Waals surface area contributed by atoms with Gasteiger partial charge in [-0.3, -0.25) is 0 Å². The molecule has 0 aromatic heterocycles. The van der Waals surface area contributed by atoms with E-state index < -0.39 is 8.07 Å². The molecule has 0 heterocycles. The zero-order chi connectivity index (χ0) is 21.3. The van der Waals surface area contributed by atoms with Crippen molar-refractivity contribution in [3.05, 3.63) is 58.7 Å². The zero-order valence-corrected chi connectivity index (χ0v) is 21.1. The van der Waals surface area contributed by atoms with Gasteiger partial charge in [-0.15, -0.1) is 0 Å². The molecule has 0 bridgehead atoms. The summed E-state index contributed by atoms with van der Waals surface area (Å²) in [5.74, 6) is 0.609. The van der Waals surface area contributed by atoms with Crippen molar-refractivity contribution in [3.8, 4) is 0 Å². The van der Waals surface area contributed by atoms with Crippen molar-refractivity contribution in [2.24, 2.45) is 5.92 Å². The van der Waals surface area contributed by atoms with E-state index >= 15 is 0 Å². The standard InChI is InChI=1S/C28H45Si/c1-7-9-11-13-16-24-20-25(17-14-12-10-8-2)22-26(21-24)29(5,6)28-19-15-18-27(28)23(3)4/h15,18-23H,7-14,16-17H2,1-6H3. The van der Waals surface area contributed by atoms with Crippen LogP contribution in [-0.2, 0) is 12.8 Å². The van der Waals surface area contributed by atoms with Crippen LogP contribution in [-0.4, -0.2) is 8.07 Å². The molecule has 1 aliphatic carbocycles. The normalized spacial score (nSPS) is 14.8. The summed E-state index contributed by atoms with van der Waals surface area (Å²) in [6.45, 7) is 14.4. The molecule has 1 aromatic rings. The van der Waals surface area contributed by atoms with Crippen LogP contribution >= 0.6 is 0 Å². The van der Waals surface area contributed by atoms with Crippen LogP contribution in [0.15, 0.2) is 42.0 Å². The predicted molar refractivity (Wildman–Crippen MR) is 135 cm³/mol. The van der Waals surface area contributed by atoms with Crippen molar-refractivity contribution in [3.63, 3.8) is 0 Å². The smallest absolute Gasteiger partial charge is 0.0757 e. The Balaban J connectivity index is 2.25. The third-order valence-corrected chi connectivity index (χ3v) is 10.1. The Kier molecular flexibility index (Phi) is 9.96. The number of rotatable bonds is 13. The lowest BCUT2D eigenvalue weighted by molar-refractivity contribution is 0.661. The van der Waals surface area contributed by atoms with Gasteiger partial charge in [-0.25, -0.2) is 0 Å². The predicted octanol–water partition coefficient (Wildman–Crippen LogP) is 8.11. The van der Waals surface area contributed by atoms with Gasteiger partial charge in [0.05, 0.1) is 8.07 Å². The fourth-order valence-electron chi connectivity index (χ4n) is 4.59. The number of hydrogen-bond donors (Lipinski definition) is 0. The third kappa shape index (κ3) is 6.98. The monoisotopic (exact) mass is 409 g/mol. The van der Waals surface area contributed by atoms with Crippen molar-refractivity contribution < 1.29 is 0 Å². The topological polar surface area (TPSA) is 0 Å². The minimum Gasteiger partial charge on any atom is -0.0757 e. The first-order valence-electron chi connectivity index (χ1n) is 12.3. The molecule has 0 nitrogen and oxygen atoms in total. The van der Waals surface area contributed by atoms with Gasteiger partial charge in [-0.05, 0) is 42.7 Å². The van der Waals surface area contributed by atoms with Crippen LogP contribution in [0.25, 0.3) is 0 Å². The maximum atomic E-state index is 2.57. The van der Waals surface area contributed by atoms with E-state index in [1.54, 1.807) is 27.4 Å². The zero-order valence-electron chi connectivity index (χ0n) is 20.1. The lowest BCUT2D eigenvalue weighted by atomic mass is 10.0. The number of allylic oxidation sites excluding steroid dienone is 4. The van der Waals surface area contributed by atoms with Crippen LogP contribution in [0.2, 0.25) is 13.1 Å². The summed E-state index contributed by atoms with van der Waals surface area (Å²) in [4.78, 5) is 0. The van der Waals surface area contributed by atoms with E-state index in [0.29, 0.717) is 5.92 Å². The number of unbranched alkanes of at least 4 members (excludes halogenated alkanes) is 6. The summed E-state index contributed by atoms with van der Waals surface area (Å²) in [7, 11) is -1.68. The van der Waals surface area contributed by atoms with E-state index in [1.165, 1.54) is 64.2 Å². The Bertz CT molecular complexity index is 647. The average molecular weight is 410 g/mol. The quantitative estimate of drug-likeness (QED) is 0.228. The highest BCUT2D eigenvalue weighted by Gasteiger charge is 2.37. The highest BCUT2D eigenvalue weighted by atomic mass is 28.3. The van der Waals surface area contributed by atoms with Crippen LogP contribution in [0.5, 0.6) is 0 Å². The van der Waals surface area contributed by atoms with E-state index in [9.17, 15) is 0 Å². The molecular weight excluding hydrogens is 364 g/mol. The van der Waals surface area contributed by atoms with Crippen LogP contribution in [0.4, 0.5) is 0 Å². The average Bonchev–Trinajstić information content (AvgIpc) is 3.20. The fraction of sp³-hybridized carbons (Fsp3) is 0.607. The first kappa shape index (κ1) is 24.2. The van der Waals surface area contributed by atoms with Gasteiger partial charge < -0.3 is 0 Å². The maximum absolute atomic E-state index is 2.57. The molecule has 1 aliphatic rings. The molecule has 0 amide bonds. The third-order valence-electron chi connectivity index (χ3n) is 6.56. The molecule has 0 saturated heterocycles. The first-order valence-corrected chi connectivity index (χ1v) is 15.3. The molecule has 0 N–H and O–H groups in total. The molecule has 2 rings (SSSR count). The van der Waals surface area contributed by atoms with Gasteiger partial charge in [0.25, 0.3) is 0 Å². The van der Waals surface area contributed by atoms with Gasteiger partial charge >= 0.3 is 0 Å². The van der Waals surface area contributed by atoms with Crippen molar-refractivity contribution in [1.82, 2.24) is 0 Å². The maximum Gasteiger partial charge on any atom is 0.0962 e. The summed E-state index contributed by atoms with van der Waals surface area (Å²) >= 11 is 0. The SMILES string of the molecule is CCCCCCc1cc(CCCCCC)cc([Si](C)(C)[C]2C=CC=C2C(C)C)c1. The molecular formula is C28H45Si. The van der Waals surface area contributed by atoms with Gasteiger partial charge in [0, 0.05) is 5.54 Å². The van der Waals surface area contributed by atoms with Crippen LogP contribution in [0.1, 0.15) is 90.2 Å². The Morgan fingerprint density at radius 3 is 1.79 bits per heavy atom. The van der Waals surface area contributed by atoms with Crippen molar-refractivity contribution in [2.75, 3.05) is 0 Å². The molecule has 1 radical (unpaired) electrons. The number of benzene rings is 1. The molecule has 29 heavy (non-hydrogen) atoms. The second-order valence-corrected chi connectivity index (χ2v) is 14.2. The van der Waals surface area contributed by atoms with E-state index in [4.69, 9.17) is 0 Å². The second kappa shape index (κ2) is 11.9. The molecule has 0 spiro atoms. The van der Waals surface area contributed by atoms with Crippen molar-refractivity contribution in [2.45, 2.75) is 105 Å². The summed E-state index contributed by atoms with van der Waals surface area (Å²) in [6, 6.07) is 7.68. The molecule has 0 unspecified atom stereocenters. The summed E-state index contributed by atoms with van der Waals surface area (Å²) in [5, 5.41) is 1.64. The minimum atomic E-state index is -1.68. The lowest BCUT2D eigenvalue weighted by Gasteiger charge is -2.33. The van der Waals surface area contributed by atoms with Gasteiger partial charge in [-0.2, -0.15) is 0 Å². The van der Waals surface area contributed by atoms with Crippen molar-refractivity contribution >= 4 is 13.3 Å². The van der Waals surface area contributed by atoms with Crippen LogP contribution in [0, 0.1) is 11.5 Å². The van der Waals surface area contributed by atoms with Gasteiger partial charge in [0.2, 0.25) is 0 Å². The Labute approximate surface area is 182 Å². The van der Waals surface area contributed by atoms with Crippen LogP contribution < -0.4 is 5.19 Å². The Morgan fingerprint density at radius 1 is 0.759 bits per heavy atom. The van der Waals surface area contributed by atoms with Gasteiger partial charge in [-0.1, -0.05) is 127 Å². The Hall–Kier alpha value is -1.08. The molecule has 0 aliphatic heterocycles. The number of aryl methyl sites for hydroxylation is 2. The fourth-order valence-corrected chi connectivity index (χ4v) is 7.60. The van der Waals surface area contributed by atoms with E-state index in [2.05, 4.69) is 77.2 Å². The highest BCUT2D eigenvalue weighted by molar-refractivity contribution is 6.95. The molecule has 0 atom stereocenters. The van der Waals surface area contributed by atoms with Gasteiger partial charge in [0.1, 0.15) is 0 Å². The molecule has 1 aromatic carbocycles.